The van der Waals surface area contributed by atoms with Crippen molar-refractivity contribution in [1.82, 2.24) is 0 Å². The number of esters is 5. The highest BCUT2D eigenvalue weighted by molar-refractivity contribution is 5.77. The van der Waals surface area contributed by atoms with E-state index in [9.17, 15) is 24.0 Å². The smallest absolute Gasteiger partial charge is 0.312 e. The van der Waals surface area contributed by atoms with Crippen LogP contribution >= 0.6 is 0 Å². The van der Waals surface area contributed by atoms with Gasteiger partial charge in [0.2, 0.25) is 0 Å². The molecular formula is C54H94O12. The zero-order valence-corrected chi connectivity index (χ0v) is 43.5. The Kier molecular flexibility index (Phi) is 25.6. The molecule has 1 spiro atoms. The van der Waals surface area contributed by atoms with Gasteiger partial charge < -0.3 is 33.2 Å². The Labute approximate surface area is 400 Å². The molecule has 12 nitrogen and oxygen atoms in total. The van der Waals surface area contributed by atoms with Gasteiger partial charge in [0, 0.05) is 18.3 Å². The first-order valence-electron chi connectivity index (χ1n) is 27.4. The van der Waals surface area contributed by atoms with Crippen LogP contribution in [0.3, 0.4) is 0 Å². The summed E-state index contributed by atoms with van der Waals surface area (Å²) in [4.78, 5) is 55.4. The second-order valence-corrected chi connectivity index (χ2v) is 18.6. The van der Waals surface area contributed by atoms with Crippen LogP contribution in [0.5, 0.6) is 0 Å². The fourth-order valence-electron chi connectivity index (χ4n) is 12.6. The molecule has 13 aliphatic rings. The van der Waals surface area contributed by atoms with Crippen molar-refractivity contribution >= 4 is 29.8 Å². The van der Waals surface area contributed by atoms with E-state index in [0.717, 1.165) is 82.7 Å². The van der Waals surface area contributed by atoms with Crippen molar-refractivity contribution in [3.05, 3.63) is 0 Å². The van der Waals surface area contributed by atoms with Gasteiger partial charge in [0.15, 0.2) is 0 Å². The van der Waals surface area contributed by atoms with Crippen molar-refractivity contribution in [3.8, 4) is 0 Å². The molecule has 0 aromatic carbocycles. The van der Waals surface area contributed by atoms with E-state index in [0.29, 0.717) is 68.0 Å². The lowest BCUT2D eigenvalue weighted by Crippen LogP contribution is -2.41. The number of rotatable bonds is 0. The van der Waals surface area contributed by atoms with Crippen LogP contribution in [-0.4, -0.2) is 86.3 Å². The third-order valence-electron chi connectivity index (χ3n) is 15.3. The number of fused-ring (bicyclic) bond motifs is 9. The molecule has 0 amide bonds. The molecule has 0 aromatic rings. The number of carbonyl (C=O) groups excluding carboxylic acids is 5. The summed E-state index contributed by atoms with van der Waals surface area (Å²) >= 11 is 0. The van der Waals surface area contributed by atoms with Crippen LogP contribution in [0.25, 0.3) is 0 Å². The summed E-state index contributed by atoms with van der Waals surface area (Å²) in [6, 6.07) is 0. The summed E-state index contributed by atoms with van der Waals surface area (Å²) in [5.41, 5.74) is -0.00463. The lowest BCUT2D eigenvalue weighted by Gasteiger charge is -2.32. The molecule has 66 heavy (non-hydrogen) atoms. The zero-order valence-electron chi connectivity index (χ0n) is 43.5. The first-order valence-corrected chi connectivity index (χ1v) is 27.4. The van der Waals surface area contributed by atoms with Crippen LogP contribution < -0.4 is 0 Å². The summed E-state index contributed by atoms with van der Waals surface area (Å²) in [5.74, 6) is 4.72. The molecule has 0 N–H and O–H groups in total. The van der Waals surface area contributed by atoms with E-state index in [4.69, 9.17) is 33.2 Å². The van der Waals surface area contributed by atoms with Crippen molar-refractivity contribution in [2.24, 2.45) is 59.2 Å². The summed E-state index contributed by atoms with van der Waals surface area (Å²) in [5, 5.41) is 0. The van der Waals surface area contributed by atoms with Gasteiger partial charge in [-0.25, -0.2) is 0 Å². The van der Waals surface area contributed by atoms with Crippen LogP contribution in [-0.2, 0) is 57.1 Å². The van der Waals surface area contributed by atoms with Gasteiger partial charge in [-0.15, -0.1) is 0 Å². The lowest BCUT2D eigenvalue weighted by molar-refractivity contribution is -0.161. The zero-order chi connectivity index (χ0) is 49.0. The summed E-state index contributed by atoms with van der Waals surface area (Å²) in [6.07, 6.45) is 21.4. The molecule has 4 aliphatic carbocycles. The van der Waals surface area contributed by atoms with Crippen molar-refractivity contribution < 1.29 is 57.1 Å². The average molecular weight is 935 g/mol. The normalized spacial score (nSPS) is 37.7. The van der Waals surface area contributed by atoms with Crippen LogP contribution in [0, 0.1) is 59.2 Å². The van der Waals surface area contributed by atoms with Gasteiger partial charge in [0.25, 0.3) is 0 Å². The largest absolute Gasteiger partial charge is 0.465 e. The SMILES string of the molecule is CC.CC.CC.CC.CC.CC.O=C1CCC2(CCCCC2)O1.O=C1OCC2C3CCC(O3)C12.O=C1OCC2CC3CC1C2C3.O=C1OCC2CC3CC1C2O3.O=C1OCC2CCCC1C2. The lowest BCUT2D eigenvalue weighted by atomic mass is 9.79. The van der Waals surface area contributed by atoms with E-state index in [1.807, 2.05) is 83.1 Å². The quantitative estimate of drug-likeness (QED) is 0.168. The predicted octanol–water partition coefficient (Wildman–Crippen LogP) is 11.4. The molecule has 0 radical (unpaired) electrons. The maximum absolute atomic E-state index is 11.2. The summed E-state index contributed by atoms with van der Waals surface area (Å²) < 4.78 is 36.7. The molecule has 8 bridgehead atoms. The van der Waals surface area contributed by atoms with Crippen molar-refractivity contribution in [2.75, 3.05) is 26.4 Å². The maximum atomic E-state index is 11.2. The molecule has 13 fully saturated rings. The summed E-state index contributed by atoms with van der Waals surface area (Å²) in [7, 11) is 0. The van der Waals surface area contributed by atoms with Gasteiger partial charge in [-0.05, 0) is 120 Å². The highest BCUT2D eigenvalue weighted by Gasteiger charge is 2.57. The van der Waals surface area contributed by atoms with Gasteiger partial charge in [0.05, 0.1) is 74.5 Å². The molecule has 9 heterocycles. The third kappa shape index (κ3) is 14.2. The number of hydrogen-bond donors (Lipinski definition) is 0. The van der Waals surface area contributed by atoms with E-state index in [-0.39, 0.29) is 65.4 Å². The Morgan fingerprint density at radius 3 is 1.65 bits per heavy atom. The minimum Gasteiger partial charge on any atom is -0.465 e. The fraction of sp³-hybridized carbons (Fsp3) is 0.907. The number of cyclic esters (lactones) is 4. The van der Waals surface area contributed by atoms with E-state index < -0.39 is 0 Å². The second kappa shape index (κ2) is 29.3. The maximum Gasteiger partial charge on any atom is 0.312 e. The first kappa shape index (κ1) is 57.6. The van der Waals surface area contributed by atoms with Gasteiger partial charge in [0.1, 0.15) is 5.60 Å². The van der Waals surface area contributed by atoms with Crippen molar-refractivity contribution in [1.29, 1.82) is 0 Å². The topological polar surface area (TPSA) is 150 Å². The van der Waals surface area contributed by atoms with E-state index in [1.54, 1.807) is 0 Å². The Hall–Kier alpha value is -2.73. The molecule has 14 atom stereocenters. The Morgan fingerprint density at radius 2 is 1.08 bits per heavy atom. The Bertz CT molecular complexity index is 1410. The molecule has 9 aliphatic heterocycles. The van der Waals surface area contributed by atoms with Crippen molar-refractivity contribution in [2.45, 2.75) is 229 Å². The standard InChI is InChI=1S/C9H12O2.C9H14O2.2C8H10O3.C8H12O2.6C2H6/c10-9-8-3-5-1-6(4-11-9)7(8)2-5;10-8-4-7-9(11-8)5-2-1-3-6-9;9-8-6-2-5-1-4(3-10-8)7(6)11-5;9-8-7-4(3-10-8)5-1-2-6(7)11-5;9-8-7-3-1-2-6(4-7)5-10-8;6*1-2/h5-8H,1-4H2;1-7H2;2*4-7H,1-3H2;6-7H,1-5H2;6*1-2H3. The fourth-order valence-corrected chi connectivity index (χ4v) is 12.6. The minimum absolute atomic E-state index is 0.00463. The third-order valence-corrected chi connectivity index (χ3v) is 15.3. The molecule has 14 unspecified atom stereocenters. The Morgan fingerprint density at radius 1 is 0.455 bits per heavy atom. The van der Waals surface area contributed by atoms with Crippen LogP contribution in [0.15, 0.2) is 0 Å². The van der Waals surface area contributed by atoms with Gasteiger partial charge in [-0.3, -0.25) is 24.0 Å². The number of ether oxygens (including phenoxy) is 7. The van der Waals surface area contributed by atoms with E-state index in [2.05, 4.69) is 0 Å². The Balaban J connectivity index is 0.000000207. The van der Waals surface area contributed by atoms with Gasteiger partial charge in [-0.2, -0.15) is 0 Å². The van der Waals surface area contributed by atoms with E-state index in [1.165, 1.54) is 44.9 Å². The molecule has 9 saturated heterocycles. The summed E-state index contributed by atoms with van der Waals surface area (Å²) in [6.45, 7) is 26.6. The average Bonchev–Trinajstić information content (AvgIpc) is 4.26. The molecule has 382 valence electrons. The first-order chi connectivity index (χ1) is 32.2. The van der Waals surface area contributed by atoms with Crippen LogP contribution in [0.2, 0.25) is 0 Å². The van der Waals surface area contributed by atoms with Gasteiger partial charge in [-0.1, -0.05) is 95.9 Å². The minimum atomic E-state index is -0.0338. The number of carbonyl (C=O) groups is 5. The van der Waals surface area contributed by atoms with Crippen molar-refractivity contribution in [3.63, 3.8) is 0 Å². The van der Waals surface area contributed by atoms with E-state index >= 15 is 0 Å². The van der Waals surface area contributed by atoms with Gasteiger partial charge >= 0.3 is 29.8 Å². The monoisotopic (exact) mass is 935 g/mol. The molecular weight excluding hydrogens is 841 g/mol. The predicted molar refractivity (Wildman–Crippen MR) is 256 cm³/mol. The molecule has 12 heteroatoms. The molecule has 13 rings (SSSR count). The highest BCUT2D eigenvalue weighted by atomic mass is 16.6. The highest BCUT2D eigenvalue weighted by Crippen LogP contribution is 2.54. The molecule has 4 saturated carbocycles. The second-order valence-electron chi connectivity index (χ2n) is 18.6. The number of hydrogen-bond acceptors (Lipinski definition) is 12. The van der Waals surface area contributed by atoms with Crippen LogP contribution in [0.4, 0.5) is 0 Å². The van der Waals surface area contributed by atoms with Crippen LogP contribution in [0.1, 0.15) is 199 Å². The molecule has 0 aromatic heterocycles.